The van der Waals surface area contributed by atoms with Gasteiger partial charge in [-0.2, -0.15) is 11.3 Å². The second-order valence-electron chi connectivity index (χ2n) is 3.96. The molecule has 0 amide bonds. The van der Waals surface area contributed by atoms with Crippen molar-refractivity contribution in [3.63, 3.8) is 0 Å². The van der Waals surface area contributed by atoms with Crippen LogP contribution in [0.25, 0.3) is 6.08 Å². The molecule has 0 aliphatic heterocycles. The molecule has 2 rings (SSSR count). The number of rotatable bonds is 5. The molecular formula is C16H14OS. The monoisotopic (exact) mass is 254 g/mol. The number of hydrogen-bond acceptors (Lipinski definition) is 2. The fraction of sp³-hybridized carbons (Fsp3) is 0.0625. The molecule has 0 aliphatic carbocycles. The SMILES string of the molecule is C=C(C/C=C/c1ccsc1)C(=O)c1ccccc1. The van der Waals surface area contributed by atoms with Crippen LogP contribution in [0.1, 0.15) is 22.3 Å². The number of Topliss-reactive ketones (excluding diaryl/α,β-unsaturated/α-hetero) is 1. The van der Waals surface area contributed by atoms with E-state index in [1.54, 1.807) is 11.3 Å². The minimum atomic E-state index is 0.0190. The first-order valence-electron chi connectivity index (χ1n) is 5.73. The quantitative estimate of drug-likeness (QED) is 0.563. The normalized spacial score (nSPS) is 10.7. The highest BCUT2D eigenvalue weighted by Crippen LogP contribution is 2.13. The van der Waals surface area contributed by atoms with Crippen LogP contribution in [0, 0.1) is 0 Å². The summed E-state index contributed by atoms with van der Waals surface area (Å²) in [6.45, 7) is 3.85. The Morgan fingerprint density at radius 3 is 2.67 bits per heavy atom. The molecule has 0 unspecified atom stereocenters. The van der Waals surface area contributed by atoms with E-state index in [0.717, 1.165) is 0 Å². The highest BCUT2D eigenvalue weighted by atomic mass is 32.1. The van der Waals surface area contributed by atoms with E-state index >= 15 is 0 Å². The van der Waals surface area contributed by atoms with E-state index in [2.05, 4.69) is 12.0 Å². The third-order valence-corrected chi connectivity index (χ3v) is 3.28. The maximum atomic E-state index is 12.0. The highest BCUT2D eigenvalue weighted by Gasteiger charge is 2.07. The maximum Gasteiger partial charge on any atom is 0.188 e. The van der Waals surface area contributed by atoms with Gasteiger partial charge in [-0.1, -0.05) is 49.1 Å². The van der Waals surface area contributed by atoms with E-state index in [9.17, 15) is 4.79 Å². The van der Waals surface area contributed by atoms with Gasteiger partial charge in [-0.3, -0.25) is 4.79 Å². The van der Waals surface area contributed by atoms with Crippen molar-refractivity contribution < 1.29 is 4.79 Å². The Balaban J connectivity index is 1.95. The Kier molecular flexibility index (Phi) is 4.26. The third-order valence-electron chi connectivity index (χ3n) is 2.57. The fourth-order valence-corrected chi connectivity index (χ4v) is 2.22. The Bertz CT molecular complexity index is 550. The van der Waals surface area contributed by atoms with Crippen LogP contribution >= 0.6 is 11.3 Å². The van der Waals surface area contributed by atoms with Gasteiger partial charge in [0.15, 0.2) is 5.78 Å². The molecule has 90 valence electrons. The van der Waals surface area contributed by atoms with Crippen LogP contribution in [0.2, 0.25) is 0 Å². The first-order valence-corrected chi connectivity index (χ1v) is 6.68. The lowest BCUT2D eigenvalue weighted by Crippen LogP contribution is -2.01. The summed E-state index contributed by atoms with van der Waals surface area (Å²) in [6.07, 6.45) is 4.58. The zero-order valence-electron chi connectivity index (χ0n) is 10.0. The smallest absolute Gasteiger partial charge is 0.188 e. The van der Waals surface area contributed by atoms with Crippen molar-refractivity contribution in [1.29, 1.82) is 0 Å². The van der Waals surface area contributed by atoms with E-state index < -0.39 is 0 Å². The lowest BCUT2D eigenvalue weighted by Gasteiger charge is -2.01. The van der Waals surface area contributed by atoms with Crippen molar-refractivity contribution in [2.75, 3.05) is 0 Å². The Morgan fingerprint density at radius 1 is 1.22 bits per heavy atom. The fourth-order valence-electron chi connectivity index (χ4n) is 1.59. The largest absolute Gasteiger partial charge is 0.289 e. The molecule has 1 heterocycles. The number of allylic oxidation sites excluding steroid dienone is 2. The molecule has 18 heavy (non-hydrogen) atoms. The van der Waals surface area contributed by atoms with E-state index in [1.165, 1.54) is 5.56 Å². The van der Waals surface area contributed by atoms with Gasteiger partial charge in [0, 0.05) is 5.56 Å². The second-order valence-corrected chi connectivity index (χ2v) is 4.74. The van der Waals surface area contributed by atoms with Gasteiger partial charge >= 0.3 is 0 Å². The molecule has 0 aliphatic rings. The predicted octanol–water partition coefficient (Wildman–Crippen LogP) is 4.59. The zero-order chi connectivity index (χ0) is 12.8. The summed E-state index contributed by atoms with van der Waals surface area (Å²) < 4.78 is 0. The average molecular weight is 254 g/mol. The maximum absolute atomic E-state index is 12.0. The highest BCUT2D eigenvalue weighted by molar-refractivity contribution is 7.08. The lowest BCUT2D eigenvalue weighted by atomic mass is 10.0. The number of carbonyl (C=O) groups excluding carboxylic acids is 1. The van der Waals surface area contributed by atoms with Crippen LogP contribution in [0.4, 0.5) is 0 Å². The Labute approximate surface area is 111 Å². The molecule has 0 saturated carbocycles. The first kappa shape index (κ1) is 12.5. The molecule has 0 atom stereocenters. The number of hydrogen-bond donors (Lipinski definition) is 0. The Hall–Kier alpha value is -1.93. The number of carbonyl (C=O) groups is 1. The first-order chi connectivity index (χ1) is 8.77. The van der Waals surface area contributed by atoms with Gasteiger partial charge in [0.2, 0.25) is 0 Å². The molecule has 0 fully saturated rings. The minimum absolute atomic E-state index is 0.0190. The summed E-state index contributed by atoms with van der Waals surface area (Å²) >= 11 is 1.66. The van der Waals surface area contributed by atoms with E-state index in [-0.39, 0.29) is 5.78 Å². The van der Waals surface area contributed by atoms with E-state index in [4.69, 9.17) is 0 Å². The van der Waals surface area contributed by atoms with Gasteiger partial charge in [-0.05, 0) is 34.4 Å². The van der Waals surface area contributed by atoms with Crippen LogP contribution in [0.15, 0.2) is 65.4 Å². The molecule has 1 aromatic carbocycles. The van der Waals surface area contributed by atoms with Crippen LogP contribution in [-0.4, -0.2) is 5.78 Å². The van der Waals surface area contributed by atoms with Gasteiger partial charge in [0.25, 0.3) is 0 Å². The molecule has 0 N–H and O–H groups in total. The summed E-state index contributed by atoms with van der Waals surface area (Å²) in [7, 11) is 0. The van der Waals surface area contributed by atoms with Crippen molar-refractivity contribution in [3.05, 3.63) is 76.5 Å². The van der Waals surface area contributed by atoms with Gasteiger partial charge in [0.05, 0.1) is 0 Å². The molecule has 1 nitrogen and oxygen atoms in total. The molecule has 2 aromatic rings. The number of thiophene rings is 1. The summed E-state index contributed by atoms with van der Waals surface area (Å²) in [5, 5.41) is 4.10. The van der Waals surface area contributed by atoms with Crippen LogP contribution in [0.5, 0.6) is 0 Å². The standard InChI is InChI=1S/C16H14OS/c1-13(6-5-7-14-10-11-18-12-14)16(17)15-8-3-2-4-9-15/h2-5,7-12H,1,6H2/b7-5+. The summed E-state index contributed by atoms with van der Waals surface area (Å²) in [5.41, 5.74) is 2.49. The van der Waals surface area contributed by atoms with Crippen molar-refractivity contribution in [3.8, 4) is 0 Å². The molecule has 0 radical (unpaired) electrons. The van der Waals surface area contributed by atoms with Gasteiger partial charge < -0.3 is 0 Å². The summed E-state index contributed by atoms with van der Waals surface area (Å²) in [6, 6.07) is 11.3. The third kappa shape index (κ3) is 3.28. The van der Waals surface area contributed by atoms with Crippen LogP contribution in [0.3, 0.4) is 0 Å². The van der Waals surface area contributed by atoms with Crippen molar-refractivity contribution >= 4 is 23.2 Å². The molecular weight excluding hydrogens is 240 g/mol. The van der Waals surface area contributed by atoms with Gasteiger partial charge in [0.1, 0.15) is 0 Å². The molecule has 0 bridgehead atoms. The molecule has 0 saturated heterocycles. The summed E-state index contributed by atoms with van der Waals surface area (Å²) in [4.78, 5) is 12.0. The van der Waals surface area contributed by atoms with Crippen LogP contribution in [-0.2, 0) is 0 Å². The summed E-state index contributed by atoms with van der Waals surface area (Å²) in [5.74, 6) is 0.0190. The minimum Gasteiger partial charge on any atom is -0.289 e. The zero-order valence-corrected chi connectivity index (χ0v) is 10.8. The van der Waals surface area contributed by atoms with E-state index in [1.807, 2.05) is 53.9 Å². The van der Waals surface area contributed by atoms with Crippen LogP contribution < -0.4 is 0 Å². The van der Waals surface area contributed by atoms with E-state index in [0.29, 0.717) is 17.6 Å². The van der Waals surface area contributed by atoms with Crippen molar-refractivity contribution in [2.45, 2.75) is 6.42 Å². The van der Waals surface area contributed by atoms with Gasteiger partial charge in [-0.15, -0.1) is 0 Å². The van der Waals surface area contributed by atoms with Gasteiger partial charge in [-0.25, -0.2) is 0 Å². The lowest BCUT2D eigenvalue weighted by molar-refractivity contribution is 0.103. The Morgan fingerprint density at radius 2 is 2.00 bits per heavy atom. The topological polar surface area (TPSA) is 17.1 Å². The number of benzene rings is 1. The molecule has 0 spiro atoms. The van der Waals surface area contributed by atoms with Crippen molar-refractivity contribution in [2.24, 2.45) is 0 Å². The average Bonchev–Trinajstić information content (AvgIpc) is 2.92. The number of ketones is 1. The molecule has 1 aromatic heterocycles. The predicted molar refractivity (Wildman–Crippen MR) is 77.9 cm³/mol. The second kappa shape index (κ2) is 6.12. The molecule has 2 heteroatoms. The van der Waals surface area contributed by atoms with Crippen molar-refractivity contribution in [1.82, 2.24) is 0 Å².